The number of hydrogen-bond acceptors (Lipinski definition) is 10. The molecule has 0 aromatic heterocycles. The Morgan fingerprint density at radius 1 is 0.577 bits per heavy atom. The number of amides is 1. The molecule has 1 fully saturated rings. The number of allylic oxidation sites excluding steroid dienone is 13. The van der Waals surface area contributed by atoms with Gasteiger partial charge in [0.25, 0.3) is 0 Å². The van der Waals surface area contributed by atoms with Crippen molar-refractivity contribution >= 4 is 11.9 Å². The summed E-state index contributed by atoms with van der Waals surface area (Å²) in [6, 6.07) is -1.04. The Balaban J connectivity index is 2.75. The van der Waals surface area contributed by atoms with Gasteiger partial charge in [0, 0.05) is 6.42 Å². The zero-order chi connectivity index (χ0) is 51.8. The lowest BCUT2D eigenvalue weighted by atomic mass is 9.99. The van der Waals surface area contributed by atoms with Crippen molar-refractivity contribution in [1.82, 2.24) is 5.32 Å². The summed E-state index contributed by atoms with van der Waals surface area (Å²) in [6.07, 6.45) is 50.5. The third-order valence-electron chi connectivity index (χ3n) is 12.9. The molecule has 8 atom stereocenters. The van der Waals surface area contributed by atoms with Crippen LogP contribution in [0.25, 0.3) is 0 Å². The summed E-state index contributed by atoms with van der Waals surface area (Å²) >= 11 is 0. The van der Waals surface area contributed by atoms with E-state index in [1.165, 1.54) is 64.2 Å². The minimum absolute atomic E-state index is 0.0926. The monoisotopic (exact) mass is 998 g/mol. The van der Waals surface area contributed by atoms with Crippen LogP contribution in [-0.2, 0) is 23.8 Å². The van der Waals surface area contributed by atoms with Crippen LogP contribution in [0.15, 0.2) is 85.1 Å². The summed E-state index contributed by atoms with van der Waals surface area (Å²) in [5, 5.41) is 56.8. The first-order valence-corrected chi connectivity index (χ1v) is 28.4. The average Bonchev–Trinajstić information content (AvgIpc) is 3.37. The maximum atomic E-state index is 13.4. The van der Waals surface area contributed by atoms with Crippen molar-refractivity contribution in [3.8, 4) is 0 Å². The average molecular weight is 998 g/mol. The molecule has 1 rings (SSSR count). The van der Waals surface area contributed by atoms with Gasteiger partial charge in [-0.15, -0.1) is 0 Å². The van der Waals surface area contributed by atoms with Gasteiger partial charge >= 0.3 is 5.97 Å². The Kier molecular flexibility index (Phi) is 44.4. The normalized spacial score (nSPS) is 20.3. The van der Waals surface area contributed by atoms with E-state index in [0.29, 0.717) is 12.8 Å². The predicted molar refractivity (Wildman–Crippen MR) is 292 cm³/mol. The molecule has 8 unspecified atom stereocenters. The SMILES string of the molecule is CC/C=C/C=C/C=C/C=C\CCCCCCCC(=O)OC1C(OCC(NC(=O)C(O)CCCCCCCC/C=C\C/C=C\CCCCC)C(O)/C=C/CCCCCCCCCCC)OC(CO)C(O)C1O. The maximum Gasteiger partial charge on any atom is 0.306 e. The highest BCUT2D eigenvalue weighted by molar-refractivity contribution is 5.80. The van der Waals surface area contributed by atoms with E-state index in [2.05, 4.69) is 62.5 Å². The van der Waals surface area contributed by atoms with E-state index in [1.54, 1.807) is 6.08 Å². The fourth-order valence-corrected chi connectivity index (χ4v) is 8.34. The Bertz CT molecular complexity index is 1470. The van der Waals surface area contributed by atoms with E-state index >= 15 is 0 Å². The largest absolute Gasteiger partial charge is 0.454 e. The molecule has 0 saturated carbocycles. The smallest absolute Gasteiger partial charge is 0.306 e. The lowest BCUT2D eigenvalue weighted by Gasteiger charge is -2.41. The van der Waals surface area contributed by atoms with Crippen molar-refractivity contribution < 1.29 is 49.3 Å². The zero-order valence-electron chi connectivity index (χ0n) is 44.8. The molecule has 0 aromatic rings. The van der Waals surface area contributed by atoms with Gasteiger partial charge in [-0.25, -0.2) is 0 Å². The number of rotatable bonds is 46. The van der Waals surface area contributed by atoms with Gasteiger partial charge in [0.1, 0.15) is 24.4 Å². The summed E-state index contributed by atoms with van der Waals surface area (Å²) in [7, 11) is 0. The number of unbranched alkanes of at least 4 members (excludes halogenated alkanes) is 23. The third kappa shape index (κ3) is 36.4. The van der Waals surface area contributed by atoms with Crippen LogP contribution < -0.4 is 5.32 Å². The molecule has 1 aliphatic rings. The minimum atomic E-state index is -1.63. The van der Waals surface area contributed by atoms with Crippen molar-refractivity contribution in [1.29, 1.82) is 0 Å². The molecule has 6 N–H and O–H groups in total. The summed E-state index contributed by atoms with van der Waals surface area (Å²) in [6.45, 7) is 5.57. The van der Waals surface area contributed by atoms with Gasteiger partial charge in [0.05, 0.1) is 25.4 Å². The van der Waals surface area contributed by atoms with Gasteiger partial charge in [0.2, 0.25) is 5.91 Å². The number of hydrogen-bond donors (Lipinski definition) is 6. The molecule has 71 heavy (non-hydrogen) atoms. The minimum Gasteiger partial charge on any atom is -0.454 e. The first-order chi connectivity index (χ1) is 34.7. The Morgan fingerprint density at radius 3 is 1.66 bits per heavy atom. The van der Waals surface area contributed by atoms with Crippen molar-refractivity contribution in [2.24, 2.45) is 0 Å². The lowest BCUT2D eigenvalue weighted by Crippen LogP contribution is -2.61. The maximum absolute atomic E-state index is 13.4. The number of nitrogens with one attached hydrogen (secondary N) is 1. The van der Waals surface area contributed by atoms with Gasteiger partial charge in [-0.2, -0.15) is 0 Å². The van der Waals surface area contributed by atoms with E-state index in [0.717, 1.165) is 109 Å². The van der Waals surface area contributed by atoms with Crippen LogP contribution in [0.4, 0.5) is 0 Å². The predicted octanol–water partition coefficient (Wildman–Crippen LogP) is 12.6. The highest BCUT2D eigenvalue weighted by Crippen LogP contribution is 2.26. The molecule has 1 saturated heterocycles. The summed E-state index contributed by atoms with van der Waals surface area (Å²) in [5.74, 6) is -1.23. The fourth-order valence-electron chi connectivity index (χ4n) is 8.34. The summed E-state index contributed by atoms with van der Waals surface area (Å²) in [5.41, 5.74) is 0. The highest BCUT2D eigenvalue weighted by atomic mass is 16.7. The molecule has 0 radical (unpaired) electrons. The van der Waals surface area contributed by atoms with Crippen LogP contribution >= 0.6 is 0 Å². The van der Waals surface area contributed by atoms with Crippen molar-refractivity contribution in [2.45, 2.75) is 269 Å². The molecular weight excluding hydrogens is 895 g/mol. The van der Waals surface area contributed by atoms with Gasteiger partial charge in [-0.05, 0) is 77.0 Å². The number of aliphatic hydroxyl groups excluding tert-OH is 5. The second-order valence-electron chi connectivity index (χ2n) is 19.4. The zero-order valence-corrected chi connectivity index (χ0v) is 44.8. The lowest BCUT2D eigenvalue weighted by molar-refractivity contribution is -0.305. The molecule has 1 aliphatic heterocycles. The number of carbonyl (C=O) groups is 2. The number of carbonyl (C=O) groups excluding carboxylic acids is 2. The molecule has 0 spiro atoms. The quantitative estimate of drug-likeness (QED) is 0.0149. The summed E-state index contributed by atoms with van der Waals surface area (Å²) < 4.78 is 17.5. The molecule has 11 nitrogen and oxygen atoms in total. The molecule has 11 heteroatoms. The van der Waals surface area contributed by atoms with Crippen LogP contribution in [-0.4, -0.2) is 99.6 Å². The molecule has 1 heterocycles. The molecule has 0 bridgehead atoms. The Labute approximate surface area is 432 Å². The Morgan fingerprint density at radius 2 is 1.07 bits per heavy atom. The summed E-state index contributed by atoms with van der Waals surface area (Å²) in [4.78, 5) is 26.4. The van der Waals surface area contributed by atoms with Gasteiger partial charge < -0.3 is 45.1 Å². The third-order valence-corrected chi connectivity index (χ3v) is 12.9. The van der Waals surface area contributed by atoms with Crippen LogP contribution in [0.1, 0.15) is 220 Å². The first-order valence-electron chi connectivity index (χ1n) is 28.4. The van der Waals surface area contributed by atoms with E-state index in [9.17, 15) is 35.1 Å². The van der Waals surface area contributed by atoms with E-state index in [1.807, 2.05) is 42.5 Å². The highest BCUT2D eigenvalue weighted by Gasteiger charge is 2.47. The topological polar surface area (TPSA) is 175 Å². The van der Waals surface area contributed by atoms with Crippen LogP contribution in [0.2, 0.25) is 0 Å². The van der Waals surface area contributed by atoms with E-state index in [-0.39, 0.29) is 19.4 Å². The second kappa shape index (κ2) is 47.8. The number of esters is 1. The van der Waals surface area contributed by atoms with Crippen LogP contribution in [0.3, 0.4) is 0 Å². The van der Waals surface area contributed by atoms with Gasteiger partial charge in [0.15, 0.2) is 12.4 Å². The van der Waals surface area contributed by atoms with Crippen LogP contribution in [0.5, 0.6) is 0 Å². The standard InChI is InChI=1S/C60H103NO10/c1-4-7-10-13-16-19-22-24-26-28-29-32-35-38-41-44-47-53(64)59(68)61-51(52(63)46-43-40-37-34-31-21-18-15-12-9-6-3)50-69-60-58(57(67)56(66)54(49-62)70-60)71-55(65)48-45-42-39-36-33-30-27-25-23-20-17-14-11-8-5-2/h8,11,14,16-17,19-20,23-27,43,46,51-54,56-58,60,62-64,66-67H,4-7,9-10,12-13,15,18,21-22,28-42,44-45,47-50H2,1-3H3,(H,61,68)/b11-8+,17-14+,19-16-,23-20+,26-24-,27-25-,46-43+. The number of ether oxygens (including phenoxy) is 3. The van der Waals surface area contributed by atoms with Crippen LogP contribution in [0, 0.1) is 0 Å². The van der Waals surface area contributed by atoms with Crippen molar-refractivity contribution in [3.63, 3.8) is 0 Å². The molecule has 0 aliphatic carbocycles. The molecular formula is C60H103NO10. The van der Waals surface area contributed by atoms with Gasteiger partial charge in [-0.3, -0.25) is 9.59 Å². The Hall–Kier alpha value is -3.16. The molecule has 1 amide bonds. The van der Waals surface area contributed by atoms with Crippen molar-refractivity contribution in [3.05, 3.63) is 85.1 Å². The fraction of sp³-hybridized carbons (Fsp3) is 0.733. The number of aliphatic hydroxyl groups is 5. The second-order valence-corrected chi connectivity index (χ2v) is 19.4. The van der Waals surface area contributed by atoms with Crippen molar-refractivity contribution in [2.75, 3.05) is 13.2 Å². The molecule has 408 valence electrons. The van der Waals surface area contributed by atoms with E-state index < -0.39 is 67.4 Å². The van der Waals surface area contributed by atoms with Gasteiger partial charge in [-0.1, -0.05) is 221 Å². The van der Waals surface area contributed by atoms with E-state index in [4.69, 9.17) is 14.2 Å². The molecule has 0 aromatic carbocycles. The first kappa shape index (κ1) is 65.9.